The Hall–Kier alpha value is -0.710. The van der Waals surface area contributed by atoms with Gasteiger partial charge in [0.2, 0.25) is 0 Å². The summed E-state index contributed by atoms with van der Waals surface area (Å²) in [5, 5.41) is 13.0. The van der Waals surface area contributed by atoms with Crippen LogP contribution in [0.15, 0.2) is 29.2 Å². The van der Waals surface area contributed by atoms with Gasteiger partial charge in [0.25, 0.3) is 0 Å². The van der Waals surface area contributed by atoms with Gasteiger partial charge in [-0.3, -0.25) is 4.79 Å². The summed E-state index contributed by atoms with van der Waals surface area (Å²) in [5.74, 6) is 0.113. The van der Waals surface area contributed by atoms with E-state index in [1.54, 1.807) is 18.8 Å². The van der Waals surface area contributed by atoms with Crippen LogP contribution in [-0.2, 0) is 4.79 Å². The Morgan fingerprint density at radius 1 is 1.53 bits per heavy atom. The normalized spacial score (nSPS) is 14.1. The monoisotopic (exact) mass is 301 g/mol. The van der Waals surface area contributed by atoms with Gasteiger partial charge in [-0.05, 0) is 50.3 Å². The number of likely N-dealkylation sites (N-methyl/N-ethyl adjacent to an activating group) is 1. The van der Waals surface area contributed by atoms with Crippen molar-refractivity contribution in [2.75, 3.05) is 12.8 Å². The third-order valence-electron chi connectivity index (χ3n) is 3.30. The number of carboxylic acid groups (broad SMARTS) is 1. The average Bonchev–Trinajstić information content (AvgIpc) is 2.39. The van der Waals surface area contributed by atoms with Crippen molar-refractivity contribution in [2.24, 2.45) is 0 Å². The largest absolute Gasteiger partial charge is 0.480 e. The number of benzene rings is 1. The van der Waals surface area contributed by atoms with Crippen LogP contribution < -0.4 is 5.32 Å². The van der Waals surface area contributed by atoms with Crippen LogP contribution in [0.25, 0.3) is 0 Å². The lowest BCUT2D eigenvalue weighted by Gasteiger charge is -2.27. The van der Waals surface area contributed by atoms with Gasteiger partial charge in [0.05, 0.1) is 0 Å². The minimum absolute atomic E-state index is 0.584. The van der Waals surface area contributed by atoms with Crippen LogP contribution in [0.1, 0.15) is 26.2 Å². The highest BCUT2D eigenvalue weighted by Crippen LogP contribution is 2.25. The highest BCUT2D eigenvalue weighted by Gasteiger charge is 2.33. The molecule has 0 bridgehead atoms. The van der Waals surface area contributed by atoms with Crippen molar-refractivity contribution in [1.29, 1.82) is 0 Å². The van der Waals surface area contributed by atoms with Crippen LogP contribution in [0.5, 0.6) is 0 Å². The van der Waals surface area contributed by atoms with E-state index in [-0.39, 0.29) is 0 Å². The fraction of sp³-hybridized carbons (Fsp3) is 0.500. The molecule has 1 aromatic carbocycles. The molecular formula is C14H20ClNO2S. The van der Waals surface area contributed by atoms with Crippen LogP contribution in [0.4, 0.5) is 0 Å². The van der Waals surface area contributed by atoms with E-state index >= 15 is 0 Å². The number of halogens is 1. The minimum Gasteiger partial charge on any atom is -0.480 e. The summed E-state index contributed by atoms with van der Waals surface area (Å²) in [6.45, 7) is 1.90. The first kappa shape index (κ1) is 16.3. The Kier molecular flexibility index (Phi) is 6.69. The molecule has 106 valence electrons. The summed E-state index contributed by atoms with van der Waals surface area (Å²) >= 11 is 7.62. The van der Waals surface area contributed by atoms with E-state index in [1.807, 2.05) is 31.2 Å². The Morgan fingerprint density at radius 3 is 2.79 bits per heavy atom. The Labute approximate surface area is 123 Å². The molecule has 0 radical (unpaired) electrons. The van der Waals surface area contributed by atoms with E-state index in [0.717, 1.165) is 22.1 Å². The topological polar surface area (TPSA) is 49.3 Å². The molecule has 2 N–H and O–H groups in total. The van der Waals surface area contributed by atoms with Crippen LogP contribution in [0, 0.1) is 0 Å². The number of rotatable bonds is 8. The molecule has 0 heterocycles. The number of hydrogen-bond acceptors (Lipinski definition) is 3. The maximum Gasteiger partial charge on any atom is 0.323 e. The van der Waals surface area contributed by atoms with E-state index < -0.39 is 11.5 Å². The van der Waals surface area contributed by atoms with Crippen LogP contribution in [-0.4, -0.2) is 29.4 Å². The maximum absolute atomic E-state index is 11.3. The third kappa shape index (κ3) is 4.71. The molecule has 19 heavy (non-hydrogen) atoms. The van der Waals surface area contributed by atoms with Crippen LogP contribution in [0.3, 0.4) is 0 Å². The number of thioether (sulfide) groups is 1. The number of carboxylic acids is 1. The lowest BCUT2D eigenvalue weighted by atomic mass is 9.91. The van der Waals surface area contributed by atoms with Gasteiger partial charge in [-0.2, -0.15) is 0 Å². The Morgan fingerprint density at radius 2 is 2.26 bits per heavy atom. The quantitative estimate of drug-likeness (QED) is 0.568. The molecule has 3 nitrogen and oxygen atoms in total. The fourth-order valence-corrected chi connectivity index (χ4v) is 3.13. The first-order valence-corrected chi connectivity index (χ1v) is 7.71. The first-order chi connectivity index (χ1) is 9.04. The molecule has 0 aromatic heterocycles. The zero-order valence-corrected chi connectivity index (χ0v) is 12.9. The van der Waals surface area contributed by atoms with Gasteiger partial charge in [0.15, 0.2) is 0 Å². The zero-order chi connectivity index (χ0) is 14.3. The molecule has 5 heteroatoms. The predicted octanol–water partition coefficient (Wildman–Crippen LogP) is 3.67. The molecule has 0 fully saturated rings. The molecule has 0 amide bonds. The number of hydrogen-bond donors (Lipinski definition) is 2. The van der Waals surface area contributed by atoms with E-state index in [9.17, 15) is 9.90 Å². The van der Waals surface area contributed by atoms with Crippen molar-refractivity contribution in [3.05, 3.63) is 29.3 Å². The standard InChI is InChI=1S/C14H20ClNO2S/c1-3-14(16-2,13(17)18)8-5-9-19-12-7-4-6-11(15)10-12/h4,6-7,10,16H,3,5,8-9H2,1-2H3,(H,17,18). The lowest BCUT2D eigenvalue weighted by Crippen LogP contribution is -2.49. The first-order valence-electron chi connectivity index (χ1n) is 6.35. The smallest absolute Gasteiger partial charge is 0.323 e. The fourth-order valence-electron chi connectivity index (χ4n) is 1.96. The Bertz CT molecular complexity index is 422. The lowest BCUT2D eigenvalue weighted by molar-refractivity contribution is -0.145. The van der Waals surface area contributed by atoms with E-state index in [4.69, 9.17) is 11.6 Å². The second-order valence-electron chi connectivity index (χ2n) is 4.40. The van der Waals surface area contributed by atoms with Gasteiger partial charge in [-0.1, -0.05) is 24.6 Å². The van der Waals surface area contributed by atoms with Gasteiger partial charge in [-0.15, -0.1) is 11.8 Å². The maximum atomic E-state index is 11.3. The van der Waals surface area contributed by atoms with Gasteiger partial charge >= 0.3 is 5.97 Å². The molecule has 1 aromatic rings. The zero-order valence-electron chi connectivity index (χ0n) is 11.3. The summed E-state index contributed by atoms with van der Waals surface area (Å²) in [5.41, 5.74) is -0.797. The summed E-state index contributed by atoms with van der Waals surface area (Å²) in [4.78, 5) is 12.4. The Balaban J connectivity index is 2.43. The summed E-state index contributed by atoms with van der Waals surface area (Å²) in [7, 11) is 1.71. The highest BCUT2D eigenvalue weighted by molar-refractivity contribution is 7.99. The highest BCUT2D eigenvalue weighted by atomic mass is 35.5. The molecule has 0 saturated heterocycles. The number of carbonyl (C=O) groups is 1. The van der Waals surface area contributed by atoms with Crippen molar-refractivity contribution in [1.82, 2.24) is 5.32 Å². The van der Waals surface area contributed by atoms with E-state index in [2.05, 4.69) is 5.32 Å². The van der Waals surface area contributed by atoms with Crippen LogP contribution >= 0.6 is 23.4 Å². The average molecular weight is 302 g/mol. The molecular weight excluding hydrogens is 282 g/mol. The van der Waals surface area contributed by atoms with Crippen molar-refractivity contribution in [3.8, 4) is 0 Å². The molecule has 0 aliphatic carbocycles. The van der Waals surface area contributed by atoms with Crippen molar-refractivity contribution < 1.29 is 9.90 Å². The van der Waals surface area contributed by atoms with Gasteiger partial charge in [-0.25, -0.2) is 0 Å². The third-order valence-corrected chi connectivity index (χ3v) is 4.62. The van der Waals surface area contributed by atoms with Crippen molar-refractivity contribution in [2.45, 2.75) is 36.6 Å². The molecule has 0 saturated carbocycles. The van der Waals surface area contributed by atoms with E-state index in [0.29, 0.717) is 12.8 Å². The molecule has 0 aliphatic heterocycles. The second kappa shape index (κ2) is 7.78. The number of nitrogens with one attached hydrogen (secondary N) is 1. The molecule has 1 atom stereocenters. The summed E-state index contributed by atoms with van der Waals surface area (Å²) in [6.07, 6.45) is 2.06. The molecule has 0 spiro atoms. The number of aliphatic carboxylic acids is 1. The van der Waals surface area contributed by atoms with Gasteiger partial charge in [0, 0.05) is 9.92 Å². The summed E-state index contributed by atoms with van der Waals surface area (Å²) < 4.78 is 0. The van der Waals surface area contributed by atoms with Gasteiger partial charge < -0.3 is 10.4 Å². The molecule has 0 aliphatic rings. The van der Waals surface area contributed by atoms with Crippen molar-refractivity contribution in [3.63, 3.8) is 0 Å². The molecule has 1 rings (SSSR count). The van der Waals surface area contributed by atoms with Crippen molar-refractivity contribution >= 4 is 29.3 Å². The minimum atomic E-state index is -0.797. The van der Waals surface area contributed by atoms with Crippen LogP contribution in [0.2, 0.25) is 5.02 Å². The second-order valence-corrected chi connectivity index (χ2v) is 6.00. The molecule has 1 unspecified atom stereocenters. The SMILES string of the molecule is CCC(CCCSc1cccc(Cl)c1)(NC)C(=O)O. The predicted molar refractivity (Wildman–Crippen MR) is 81.1 cm³/mol. The summed E-state index contributed by atoms with van der Waals surface area (Å²) in [6, 6.07) is 7.71. The van der Waals surface area contributed by atoms with E-state index in [1.165, 1.54) is 0 Å². The van der Waals surface area contributed by atoms with Gasteiger partial charge in [0.1, 0.15) is 5.54 Å².